The molecule has 0 fully saturated rings. The Hall–Kier alpha value is -1.78. The maximum atomic E-state index is 10.9. The third kappa shape index (κ3) is 5.59. The van der Waals surface area contributed by atoms with E-state index in [9.17, 15) is 10.1 Å². The maximum Gasteiger partial charge on any atom is 0.275 e. The summed E-state index contributed by atoms with van der Waals surface area (Å²) in [4.78, 5) is 10.5. The lowest BCUT2D eigenvalue weighted by Gasteiger charge is -2.13. The van der Waals surface area contributed by atoms with E-state index in [1.165, 1.54) is 12.1 Å². The minimum atomic E-state index is -0.402. The van der Waals surface area contributed by atoms with Gasteiger partial charge in [0.1, 0.15) is 5.75 Å². The largest absolute Gasteiger partial charge is 0.491 e. The minimum Gasteiger partial charge on any atom is -0.491 e. The zero-order valence-corrected chi connectivity index (χ0v) is 12.0. The first-order chi connectivity index (χ1) is 8.88. The molecule has 0 bridgehead atoms. The second-order valence-corrected chi connectivity index (χ2v) is 5.25. The maximum absolute atomic E-state index is 10.9. The van der Waals surface area contributed by atoms with Gasteiger partial charge in [0.05, 0.1) is 17.1 Å². The Bertz CT molecular complexity index is 431. The first-order valence-electron chi connectivity index (χ1n) is 6.58. The van der Waals surface area contributed by atoms with Gasteiger partial charge in [-0.15, -0.1) is 0 Å². The van der Waals surface area contributed by atoms with E-state index in [1.807, 2.05) is 13.8 Å². The van der Waals surface area contributed by atoms with Gasteiger partial charge in [-0.2, -0.15) is 0 Å². The number of non-ortho nitro benzene ring substituents is 1. The lowest BCUT2D eigenvalue weighted by Crippen LogP contribution is -2.08. The highest BCUT2D eigenvalue weighted by Crippen LogP contribution is 2.26. The molecule has 0 aromatic heterocycles. The molecular weight excluding hydrogens is 244 g/mol. The van der Waals surface area contributed by atoms with Crippen LogP contribution in [0.1, 0.15) is 34.1 Å². The van der Waals surface area contributed by atoms with E-state index in [4.69, 9.17) is 4.74 Å². The second kappa shape index (κ2) is 6.97. The van der Waals surface area contributed by atoms with Gasteiger partial charge in [0.15, 0.2) is 0 Å². The Labute approximate surface area is 114 Å². The van der Waals surface area contributed by atoms with Gasteiger partial charge in [0.2, 0.25) is 0 Å². The van der Waals surface area contributed by atoms with E-state index in [0.29, 0.717) is 11.7 Å². The first-order valence-corrected chi connectivity index (χ1v) is 6.58. The molecule has 1 aromatic carbocycles. The Morgan fingerprint density at radius 1 is 1.26 bits per heavy atom. The predicted octanol–water partition coefficient (Wildman–Crippen LogP) is 3.84. The third-order valence-corrected chi connectivity index (χ3v) is 2.52. The zero-order valence-electron chi connectivity index (χ0n) is 12.0. The fraction of sp³-hybridized carbons (Fsp3) is 0.571. The van der Waals surface area contributed by atoms with Crippen molar-refractivity contribution < 1.29 is 9.66 Å². The Balaban J connectivity index is 2.83. The van der Waals surface area contributed by atoms with Crippen LogP contribution in [0, 0.1) is 16.0 Å². The minimum absolute atomic E-state index is 0.00878. The van der Waals surface area contributed by atoms with Gasteiger partial charge in [-0.05, 0) is 26.2 Å². The SMILES string of the molecule is CC(C)CCNc1cc(OC(C)C)cc([N+](=O)[O-])c1. The molecule has 0 unspecified atom stereocenters. The summed E-state index contributed by atoms with van der Waals surface area (Å²) in [5, 5.41) is 14.1. The van der Waals surface area contributed by atoms with Crippen LogP contribution in [0.4, 0.5) is 11.4 Å². The Morgan fingerprint density at radius 2 is 1.95 bits per heavy atom. The lowest BCUT2D eigenvalue weighted by atomic mass is 10.1. The molecule has 0 aliphatic rings. The topological polar surface area (TPSA) is 64.4 Å². The van der Waals surface area contributed by atoms with E-state index >= 15 is 0 Å². The normalized spacial score (nSPS) is 10.8. The van der Waals surface area contributed by atoms with Crippen molar-refractivity contribution in [1.82, 2.24) is 0 Å². The molecule has 1 aromatic rings. The second-order valence-electron chi connectivity index (χ2n) is 5.25. The van der Waals surface area contributed by atoms with Gasteiger partial charge < -0.3 is 10.1 Å². The number of rotatable bonds is 7. The van der Waals surface area contributed by atoms with E-state index < -0.39 is 4.92 Å². The summed E-state index contributed by atoms with van der Waals surface area (Å²) in [7, 11) is 0. The molecule has 0 spiro atoms. The number of benzene rings is 1. The summed E-state index contributed by atoms with van der Waals surface area (Å²) >= 11 is 0. The Morgan fingerprint density at radius 3 is 2.47 bits per heavy atom. The van der Waals surface area contributed by atoms with Crippen LogP contribution in [0.5, 0.6) is 5.75 Å². The molecule has 106 valence electrons. The van der Waals surface area contributed by atoms with Crippen molar-refractivity contribution in [2.45, 2.75) is 40.2 Å². The summed E-state index contributed by atoms with van der Waals surface area (Å²) in [5.74, 6) is 1.12. The van der Waals surface area contributed by atoms with Crippen molar-refractivity contribution >= 4 is 11.4 Å². The van der Waals surface area contributed by atoms with Crippen LogP contribution in [-0.4, -0.2) is 17.6 Å². The van der Waals surface area contributed by atoms with Gasteiger partial charge in [0.25, 0.3) is 5.69 Å². The molecule has 0 atom stereocenters. The number of ether oxygens (including phenoxy) is 1. The van der Waals surface area contributed by atoms with Gasteiger partial charge in [-0.25, -0.2) is 0 Å². The van der Waals surface area contributed by atoms with Crippen molar-refractivity contribution in [1.29, 1.82) is 0 Å². The first kappa shape index (κ1) is 15.3. The van der Waals surface area contributed by atoms with E-state index in [2.05, 4.69) is 19.2 Å². The highest BCUT2D eigenvalue weighted by Gasteiger charge is 2.11. The molecule has 0 aliphatic carbocycles. The number of nitrogens with zero attached hydrogens (tertiary/aromatic N) is 1. The number of nitro groups is 1. The standard InChI is InChI=1S/C14H22N2O3/c1-10(2)5-6-15-12-7-13(16(17)18)9-14(8-12)19-11(3)4/h7-11,15H,5-6H2,1-4H3. The van der Waals surface area contributed by atoms with E-state index in [1.54, 1.807) is 6.07 Å². The summed E-state index contributed by atoms with van der Waals surface area (Å²) in [5.41, 5.74) is 0.774. The van der Waals surface area contributed by atoms with Crippen LogP contribution in [0.2, 0.25) is 0 Å². The lowest BCUT2D eigenvalue weighted by molar-refractivity contribution is -0.384. The fourth-order valence-electron chi connectivity index (χ4n) is 1.64. The average molecular weight is 266 g/mol. The highest BCUT2D eigenvalue weighted by atomic mass is 16.6. The highest BCUT2D eigenvalue weighted by molar-refractivity contribution is 5.56. The van der Waals surface area contributed by atoms with Crippen molar-refractivity contribution in [2.75, 3.05) is 11.9 Å². The molecule has 1 rings (SSSR count). The number of nitro benzene ring substituents is 1. The summed E-state index contributed by atoms with van der Waals surface area (Å²) in [6.07, 6.45) is 1.01. The smallest absolute Gasteiger partial charge is 0.275 e. The molecule has 0 saturated heterocycles. The van der Waals surface area contributed by atoms with Crippen molar-refractivity contribution in [3.05, 3.63) is 28.3 Å². The summed E-state index contributed by atoms with van der Waals surface area (Å²) in [6.45, 7) is 8.86. The van der Waals surface area contributed by atoms with Crippen LogP contribution >= 0.6 is 0 Å². The van der Waals surface area contributed by atoms with Crippen LogP contribution in [0.3, 0.4) is 0 Å². The number of hydrogen-bond acceptors (Lipinski definition) is 4. The number of nitrogens with one attached hydrogen (secondary N) is 1. The van der Waals surface area contributed by atoms with Crippen LogP contribution in [0.15, 0.2) is 18.2 Å². The van der Waals surface area contributed by atoms with Crippen molar-refractivity contribution in [3.63, 3.8) is 0 Å². The average Bonchev–Trinajstić information content (AvgIpc) is 2.27. The van der Waals surface area contributed by atoms with Crippen molar-refractivity contribution in [3.8, 4) is 5.75 Å². The number of hydrogen-bond donors (Lipinski definition) is 1. The molecule has 0 heterocycles. The fourth-order valence-corrected chi connectivity index (χ4v) is 1.64. The molecule has 5 nitrogen and oxygen atoms in total. The predicted molar refractivity (Wildman–Crippen MR) is 76.8 cm³/mol. The molecule has 0 saturated carbocycles. The molecule has 0 radical (unpaired) electrons. The summed E-state index contributed by atoms with van der Waals surface area (Å²) < 4.78 is 5.53. The number of anilines is 1. The monoisotopic (exact) mass is 266 g/mol. The Kier molecular flexibility index (Phi) is 5.60. The van der Waals surface area contributed by atoms with Gasteiger partial charge in [-0.1, -0.05) is 13.8 Å². The van der Waals surface area contributed by atoms with Gasteiger partial charge >= 0.3 is 0 Å². The van der Waals surface area contributed by atoms with E-state index in [-0.39, 0.29) is 11.8 Å². The molecule has 0 aliphatic heterocycles. The zero-order chi connectivity index (χ0) is 14.4. The molecule has 1 N–H and O–H groups in total. The molecular formula is C14H22N2O3. The van der Waals surface area contributed by atoms with Crippen LogP contribution in [-0.2, 0) is 0 Å². The molecule has 19 heavy (non-hydrogen) atoms. The molecule has 0 amide bonds. The van der Waals surface area contributed by atoms with Crippen molar-refractivity contribution in [2.24, 2.45) is 5.92 Å². The quantitative estimate of drug-likeness (QED) is 0.601. The van der Waals surface area contributed by atoms with E-state index in [0.717, 1.165) is 18.7 Å². The van der Waals surface area contributed by atoms with Crippen LogP contribution < -0.4 is 10.1 Å². The van der Waals surface area contributed by atoms with Crippen LogP contribution in [0.25, 0.3) is 0 Å². The summed E-state index contributed by atoms with van der Waals surface area (Å²) in [6, 6.07) is 4.79. The molecule has 5 heteroatoms. The van der Waals surface area contributed by atoms with Gasteiger partial charge in [-0.3, -0.25) is 10.1 Å². The third-order valence-electron chi connectivity index (χ3n) is 2.52. The van der Waals surface area contributed by atoms with Gasteiger partial charge in [0, 0.05) is 24.4 Å².